The van der Waals surface area contributed by atoms with Gasteiger partial charge in [0.05, 0.1) is 34.3 Å². The minimum Gasteiger partial charge on any atom is -0.378 e. The van der Waals surface area contributed by atoms with Gasteiger partial charge in [0.1, 0.15) is 0 Å². The maximum Gasteiger partial charge on any atom is 0.278 e. The number of carbonyl (C=O) groups is 1. The maximum atomic E-state index is 12.8. The van der Waals surface area contributed by atoms with E-state index < -0.39 is 5.91 Å². The number of nitrogens with one attached hydrogen (secondary N) is 1. The minimum atomic E-state index is -0.407. The Labute approximate surface area is 172 Å². The summed E-state index contributed by atoms with van der Waals surface area (Å²) in [7, 11) is 1.61. The summed E-state index contributed by atoms with van der Waals surface area (Å²) in [6.07, 6.45) is 0. The van der Waals surface area contributed by atoms with Gasteiger partial charge in [-0.25, -0.2) is 4.52 Å². The second-order valence-corrected chi connectivity index (χ2v) is 6.83. The number of ether oxygens (including phenoxy) is 1. The average Bonchev–Trinajstić information content (AvgIpc) is 3.10. The van der Waals surface area contributed by atoms with Gasteiger partial charge in [0.2, 0.25) is 0 Å². The standard InChI is InChI=1S/C21H18ClN5O2/c1-13-19(21(28)23-16-11-7-6-10-15(16)22)24-25-20-18(14-8-4-3-5-9-14)17(12-29-2)26-27(13)20/h3-11H,12H2,1-2H3,(H,23,28). The summed E-state index contributed by atoms with van der Waals surface area (Å²) in [5.41, 5.74) is 4.32. The van der Waals surface area contributed by atoms with Crippen molar-refractivity contribution in [2.45, 2.75) is 13.5 Å². The Bertz CT molecular complexity index is 1190. The summed E-state index contributed by atoms with van der Waals surface area (Å²) in [6, 6.07) is 16.8. The monoisotopic (exact) mass is 407 g/mol. The number of amides is 1. The van der Waals surface area contributed by atoms with Crippen molar-refractivity contribution in [3.63, 3.8) is 0 Å². The molecular weight excluding hydrogens is 390 g/mol. The molecule has 1 N–H and O–H groups in total. The lowest BCUT2D eigenvalue weighted by Gasteiger charge is -2.09. The first-order valence-electron chi connectivity index (χ1n) is 8.95. The number of rotatable bonds is 5. The molecule has 0 aliphatic heterocycles. The van der Waals surface area contributed by atoms with Crippen molar-refractivity contribution >= 4 is 28.8 Å². The van der Waals surface area contributed by atoms with Crippen LogP contribution in [-0.2, 0) is 11.3 Å². The molecule has 29 heavy (non-hydrogen) atoms. The molecule has 0 spiro atoms. The van der Waals surface area contributed by atoms with Crippen LogP contribution in [0.4, 0.5) is 5.69 Å². The van der Waals surface area contributed by atoms with E-state index in [0.29, 0.717) is 28.7 Å². The summed E-state index contributed by atoms with van der Waals surface area (Å²) in [5, 5.41) is 16.3. The smallest absolute Gasteiger partial charge is 0.278 e. The van der Waals surface area contributed by atoms with Crippen molar-refractivity contribution in [1.82, 2.24) is 19.8 Å². The fourth-order valence-corrected chi connectivity index (χ4v) is 3.32. The van der Waals surface area contributed by atoms with Crippen LogP contribution >= 0.6 is 11.6 Å². The van der Waals surface area contributed by atoms with Gasteiger partial charge in [-0.05, 0) is 24.6 Å². The van der Waals surface area contributed by atoms with Crippen molar-refractivity contribution in [2.24, 2.45) is 0 Å². The molecule has 0 atom stereocenters. The predicted molar refractivity (Wildman–Crippen MR) is 111 cm³/mol. The van der Waals surface area contributed by atoms with E-state index in [1.54, 1.807) is 42.8 Å². The number of hydrogen-bond acceptors (Lipinski definition) is 5. The summed E-state index contributed by atoms with van der Waals surface area (Å²) in [5.74, 6) is -0.407. The number of anilines is 1. The maximum absolute atomic E-state index is 12.8. The van der Waals surface area contributed by atoms with E-state index in [1.807, 2.05) is 30.3 Å². The van der Waals surface area contributed by atoms with E-state index in [4.69, 9.17) is 16.3 Å². The molecule has 2 aromatic heterocycles. The molecule has 7 nitrogen and oxygen atoms in total. The van der Waals surface area contributed by atoms with Crippen molar-refractivity contribution in [3.8, 4) is 11.1 Å². The number of aromatic nitrogens is 4. The Morgan fingerprint density at radius 1 is 1.10 bits per heavy atom. The summed E-state index contributed by atoms with van der Waals surface area (Å²) < 4.78 is 6.94. The van der Waals surface area contributed by atoms with Crippen LogP contribution in [0.15, 0.2) is 54.6 Å². The van der Waals surface area contributed by atoms with Crippen LogP contribution in [0, 0.1) is 6.92 Å². The first-order valence-corrected chi connectivity index (χ1v) is 9.33. The molecule has 0 fully saturated rings. The van der Waals surface area contributed by atoms with Gasteiger partial charge < -0.3 is 10.1 Å². The van der Waals surface area contributed by atoms with Gasteiger partial charge in [0, 0.05) is 7.11 Å². The molecule has 0 radical (unpaired) electrons. The number of methoxy groups -OCH3 is 1. The van der Waals surface area contributed by atoms with Gasteiger partial charge in [0.15, 0.2) is 11.3 Å². The number of benzene rings is 2. The highest BCUT2D eigenvalue weighted by molar-refractivity contribution is 6.33. The Morgan fingerprint density at radius 3 is 2.55 bits per heavy atom. The van der Waals surface area contributed by atoms with E-state index >= 15 is 0 Å². The second-order valence-electron chi connectivity index (χ2n) is 6.42. The first-order chi connectivity index (χ1) is 14.1. The number of hydrogen-bond donors (Lipinski definition) is 1. The van der Waals surface area contributed by atoms with Crippen molar-refractivity contribution in [1.29, 1.82) is 0 Å². The Kier molecular flexibility index (Phi) is 5.24. The van der Waals surface area contributed by atoms with Gasteiger partial charge in [0.25, 0.3) is 5.91 Å². The second kappa shape index (κ2) is 7.98. The Morgan fingerprint density at radius 2 is 1.83 bits per heavy atom. The molecule has 0 saturated heterocycles. The highest BCUT2D eigenvalue weighted by Gasteiger charge is 2.22. The summed E-state index contributed by atoms with van der Waals surface area (Å²) >= 11 is 6.14. The van der Waals surface area contributed by atoms with Crippen molar-refractivity contribution in [3.05, 3.63) is 76.7 Å². The normalized spacial score (nSPS) is 11.0. The zero-order chi connectivity index (χ0) is 20.4. The van der Waals surface area contributed by atoms with Crippen molar-refractivity contribution < 1.29 is 9.53 Å². The molecule has 0 aliphatic rings. The lowest BCUT2D eigenvalue weighted by molar-refractivity contribution is 0.102. The molecule has 4 aromatic rings. The van der Waals surface area contributed by atoms with Crippen LogP contribution in [0.5, 0.6) is 0 Å². The largest absolute Gasteiger partial charge is 0.378 e. The number of para-hydroxylation sites is 1. The van der Waals surface area contributed by atoms with Gasteiger partial charge in [-0.3, -0.25) is 4.79 Å². The van der Waals surface area contributed by atoms with Crippen molar-refractivity contribution in [2.75, 3.05) is 12.4 Å². The third-order valence-corrected chi connectivity index (χ3v) is 4.85. The Hall–Kier alpha value is -3.29. The lowest BCUT2D eigenvalue weighted by atomic mass is 10.1. The van der Waals surface area contributed by atoms with Crippen LogP contribution in [0.3, 0.4) is 0 Å². The summed E-state index contributed by atoms with van der Waals surface area (Å²) in [4.78, 5) is 12.8. The molecule has 8 heteroatoms. The van der Waals surface area contributed by atoms with Gasteiger partial charge in [-0.2, -0.15) is 5.10 Å². The molecule has 2 aromatic carbocycles. The van der Waals surface area contributed by atoms with Crippen LogP contribution in [0.1, 0.15) is 21.9 Å². The van der Waals surface area contributed by atoms with Gasteiger partial charge in [-0.15, -0.1) is 10.2 Å². The van der Waals surface area contributed by atoms with E-state index in [9.17, 15) is 4.79 Å². The molecular formula is C21H18ClN5O2. The SMILES string of the molecule is COCc1nn2c(C)c(C(=O)Nc3ccccc3Cl)nnc2c1-c1ccccc1. The number of nitrogens with zero attached hydrogens (tertiary/aromatic N) is 4. The topological polar surface area (TPSA) is 81.4 Å². The van der Waals surface area contributed by atoms with Crippen LogP contribution in [0.2, 0.25) is 5.02 Å². The van der Waals surface area contributed by atoms with Crippen LogP contribution < -0.4 is 5.32 Å². The average molecular weight is 408 g/mol. The zero-order valence-corrected chi connectivity index (χ0v) is 16.6. The molecule has 0 bridgehead atoms. The van der Waals surface area contributed by atoms with Crippen LogP contribution in [0.25, 0.3) is 16.8 Å². The lowest BCUT2D eigenvalue weighted by Crippen LogP contribution is -2.18. The number of fused-ring (bicyclic) bond motifs is 1. The minimum absolute atomic E-state index is 0.170. The van der Waals surface area contributed by atoms with Gasteiger partial charge in [-0.1, -0.05) is 54.1 Å². The fourth-order valence-electron chi connectivity index (χ4n) is 3.14. The third-order valence-electron chi connectivity index (χ3n) is 4.52. The highest BCUT2D eigenvalue weighted by Crippen LogP contribution is 2.29. The number of aryl methyl sites for hydroxylation is 1. The molecule has 146 valence electrons. The Balaban J connectivity index is 1.80. The molecule has 0 aliphatic carbocycles. The third kappa shape index (κ3) is 3.57. The highest BCUT2D eigenvalue weighted by atomic mass is 35.5. The van der Waals surface area contributed by atoms with E-state index in [2.05, 4.69) is 20.6 Å². The predicted octanol–water partition coefficient (Wildman–Crippen LogP) is 4.15. The molecule has 1 amide bonds. The van der Waals surface area contributed by atoms with E-state index in [0.717, 1.165) is 16.8 Å². The molecule has 4 rings (SSSR count). The fraction of sp³-hybridized carbons (Fsp3) is 0.143. The van der Waals surface area contributed by atoms with E-state index in [-0.39, 0.29) is 5.69 Å². The first kappa shape index (κ1) is 19.0. The van der Waals surface area contributed by atoms with Gasteiger partial charge >= 0.3 is 0 Å². The molecule has 0 saturated carbocycles. The molecule has 2 heterocycles. The number of carbonyl (C=O) groups excluding carboxylic acids is 1. The zero-order valence-electron chi connectivity index (χ0n) is 15.9. The quantitative estimate of drug-likeness (QED) is 0.537. The summed E-state index contributed by atoms with van der Waals surface area (Å²) in [6.45, 7) is 2.09. The number of halogens is 1. The molecule has 0 unspecified atom stereocenters. The van der Waals surface area contributed by atoms with E-state index in [1.165, 1.54) is 0 Å². The van der Waals surface area contributed by atoms with Crippen LogP contribution in [-0.4, -0.2) is 32.8 Å².